The van der Waals surface area contributed by atoms with Crippen molar-refractivity contribution in [3.8, 4) is 22.6 Å². The molecular formula is C23H16Cl2FN3O. The van der Waals surface area contributed by atoms with Gasteiger partial charge in [0, 0.05) is 12.1 Å². The number of H-pyrrole nitrogens is 1. The van der Waals surface area contributed by atoms with Crippen LogP contribution in [0.5, 0.6) is 0 Å². The summed E-state index contributed by atoms with van der Waals surface area (Å²) in [7, 11) is 0. The van der Waals surface area contributed by atoms with Crippen LogP contribution < -0.4 is 5.32 Å². The van der Waals surface area contributed by atoms with Crippen molar-refractivity contribution in [2.45, 2.75) is 6.54 Å². The van der Waals surface area contributed by atoms with E-state index in [4.69, 9.17) is 23.2 Å². The molecule has 0 aliphatic rings. The number of carbonyl (C=O) groups is 1. The number of nitrogens with one attached hydrogen (secondary N) is 2. The third kappa shape index (κ3) is 4.37. The maximum atomic E-state index is 13.1. The van der Waals surface area contributed by atoms with Crippen LogP contribution in [0.3, 0.4) is 0 Å². The Morgan fingerprint density at radius 3 is 2.40 bits per heavy atom. The second-order valence-electron chi connectivity index (χ2n) is 6.63. The molecular weight excluding hydrogens is 424 g/mol. The number of nitrogens with zero attached hydrogens (tertiary/aromatic N) is 1. The fourth-order valence-corrected chi connectivity index (χ4v) is 3.37. The van der Waals surface area contributed by atoms with Crippen molar-refractivity contribution >= 4 is 29.1 Å². The van der Waals surface area contributed by atoms with E-state index in [2.05, 4.69) is 15.3 Å². The van der Waals surface area contributed by atoms with Gasteiger partial charge in [-0.2, -0.15) is 0 Å². The van der Waals surface area contributed by atoms with Gasteiger partial charge in [0.1, 0.15) is 11.6 Å². The maximum absolute atomic E-state index is 13.1. The van der Waals surface area contributed by atoms with Crippen LogP contribution in [0.25, 0.3) is 22.6 Å². The summed E-state index contributed by atoms with van der Waals surface area (Å²) in [6.45, 7) is 0.348. The third-order valence-corrected chi connectivity index (χ3v) is 5.43. The topological polar surface area (TPSA) is 57.8 Å². The molecule has 0 unspecified atom stereocenters. The molecule has 0 saturated carbocycles. The number of rotatable bonds is 5. The molecule has 4 nitrogen and oxygen atoms in total. The predicted molar refractivity (Wildman–Crippen MR) is 117 cm³/mol. The van der Waals surface area contributed by atoms with Gasteiger partial charge in [0.2, 0.25) is 0 Å². The van der Waals surface area contributed by atoms with Gasteiger partial charge in [0.15, 0.2) is 0 Å². The first-order valence-electron chi connectivity index (χ1n) is 9.14. The number of aromatic nitrogens is 2. The van der Waals surface area contributed by atoms with E-state index in [1.165, 1.54) is 12.1 Å². The van der Waals surface area contributed by atoms with Gasteiger partial charge in [-0.1, -0.05) is 53.5 Å². The molecule has 4 aromatic rings. The Hall–Kier alpha value is -3.15. The Morgan fingerprint density at radius 1 is 0.967 bits per heavy atom. The molecule has 1 aromatic heterocycles. The molecule has 0 radical (unpaired) electrons. The molecule has 0 aliphatic heterocycles. The predicted octanol–water partition coefficient (Wildman–Crippen LogP) is 6.12. The molecule has 30 heavy (non-hydrogen) atoms. The van der Waals surface area contributed by atoms with Crippen molar-refractivity contribution < 1.29 is 9.18 Å². The summed E-state index contributed by atoms with van der Waals surface area (Å²) >= 11 is 12.1. The molecule has 0 atom stereocenters. The number of benzene rings is 3. The second kappa shape index (κ2) is 8.69. The Balaban J connectivity index is 1.43. The molecule has 0 bridgehead atoms. The largest absolute Gasteiger partial charge is 0.348 e. The lowest BCUT2D eigenvalue weighted by atomic mass is 10.1. The number of amides is 1. The minimum absolute atomic E-state index is 0.238. The molecule has 1 heterocycles. The summed E-state index contributed by atoms with van der Waals surface area (Å²) in [5.41, 5.74) is 3.82. The van der Waals surface area contributed by atoms with E-state index in [0.717, 1.165) is 22.4 Å². The van der Waals surface area contributed by atoms with Gasteiger partial charge in [-0.25, -0.2) is 9.37 Å². The molecule has 7 heteroatoms. The Morgan fingerprint density at radius 2 is 1.67 bits per heavy atom. The molecule has 0 spiro atoms. The van der Waals surface area contributed by atoms with Gasteiger partial charge in [0.05, 0.1) is 27.5 Å². The highest BCUT2D eigenvalue weighted by molar-refractivity contribution is 6.43. The second-order valence-corrected chi connectivity index (χ2v) is 7.42. The highest BCUT2D eigenvalue weighted by Crippen LogP contribution is 2.26. The highest BCUT2D eigenvalue weighted by Gasteiger charge is 2.12. The van der Waals surface area contributed by atoms with E-state index in [-0.39, 0.29) is 16.7 Å². The van der Waals surface area contributed by atoms with E-state index >= 15 is 0 Å². The molecule has 2 N–H and O–H groups in total. The van der Waals surface area contributed by atoms with E-state index in [1.54, 1.807) is 36.5 Å². The van der Waals surface area contributed by atoms with Crippen molar-refractivity contribution in [3.63, 3.8) is 0 Å². The number of hydrogen-bond donors (Lipinski definition) is 2. The van der Waals surface area contributed by atoms with Crippen molar-refractivity contribution in [1.29, 1.82) is 0 Å². The Kier molecular flexibility index (Phi) is 5.84. The summed E-state index contributed by atoms with van der Waals surface area (Å²) in [5.74, 6) is 0.135. The number of aromatic amines is 1. The minimum Gasteiger partial charge on any atom is -0.348 e. The van der Waals surface area contributed by atoms with Crippen LogP contribution in [0.4, 0.5) is 4.39 Å². The van der Waals surface area contributed by atoms with Gasteiger partial charge in [0.25, 0.3) is 5.91 Å². The first-order chi connectivity index (χ1) is 14.5. The van der Waals surface area contributed by atoms with Gasteiger partial charge >= 0.3 is 0 Å². The normalized spacial score (nSPS) is 10.8. The molecule has 4 rings (SSSR count). The van der Waals surface area contributed by atoms with Crippen LogP contribution in [0.2, 0.25) is 10.0 Å². The van der Waals surface area contributed by atoms with Crippen LogP contribution in [-0.4, -0.2) is 15.9 Å². The monoisotopic (exact) mass is 439 g/mol. The average molecular weight is 440 g/mol. The lowest BCUT2D eigenvalue weighted by Gasteiger charge is -2.08. The standard InChI is InChI=1S/C23H16Cl2FN3O/c24-19-3-1-2-18(21(19)25)23(30)28-12-14-4-6-16(7-5-14)22-27-13-20(29-22)15-8-10-17(26)11-9-15/h1-11,13H,12H2,(H,27,29)(H,28,30). The summed E-state index contributed by atoms with van der Waals surface area (Å²) in [4.78, 5) is 20.0. The van der Waals surface area contributed by atoms with Crippen LogP contribution in [0, 0.1) is 5.82 Å². The number of carbonyl (C=O) groups excluding carboxylic acids is 1. The Labute approximate surface area is 182 Å². The number of halogens is 3. The van der Waals surface area contributed by atoms with Crippen LogP contribution >= 0.6 is 23.2 Å². The van der Waals surface area contributed by atoms with Gasteiger partial charge in [-0.15, -0.1) is 0 Å². The van der Waals surface area contributed by atoms with E-state index in [1.807, 2.05) is 24.3 Å². The summed E-state index contributed by atoms with van der Waals surface area (Å²) in [5, 5.41) is 3.41. The first-order valence-corrected chi connectivity index (χ1v) is 9.89. The van der Waals surface area contributed by atoms with Gasteiger partial charge in [-0.3, -0.25) is 4.79 Å². The molecule has 0 fully saturated rings. The van der Waals surface area contributed by atoms with E-state index in [9.17, 15) is 9.18 Å². The molecule has 150 valence electrons. The minimum atomic E-state index is -0.290. The molecule has 3 aromatic carbocycles. The van der Waals surface area contributed by atoms with Crippen LogP contribution in [0.15, 0.2) is 72.9 Å². The van der Waals surface area contributed by atoms with Crippen molar-refractivity contribution in [2.75, 3.05) is 0 Å². The maximum Gasteiger partial charge on any atom is 0.253 e. The Bertz CT molecular complexity index is 1190. The zero-order valence-electron chi connectivity index (χ0n) is 15.6. The quantitative estimate of drug-likeness (QED) is 0.393. The van der Waals surface area contributed by atoms with Gasteiger partial charge < -0.3 is 10.3 Å². The summed E-state index contributed by atoms with van der Waals surface area (Å²) in [6, 6.07) is 18.8. The molecule has 0 aliphatic carbocycles. The van der Waals surface area contributed by atoms with Crippen molar-refractivity contribution in [1.82, 2.24) is 15.3 Å². The zero-order chi connectivity index (χ0) is 21.1. The highest BCUT2D eigenvalue weighted by atomic mass is 35.5. The summed E-state index contributed by atoms with van der Waals surface area (Å²) in [6.07, 6.45) is 1.71. The first kappa shape index (κ1) is 20.1. The van der Waals surface area contributed by atoms with Crippen molar-refractivity contribution in [2.24, 2.45) is 0 Å². The SMILES string of the molecule is O=C(NCc1ccc(-c2ncc(-c3ccc(F)cc3)[nH]2)cc1)c1cccc(Cl)c1Cl. The fourth-order valence-electron chi connectivity index (χ4n) is 2.98. The number of imidazole rings is 1. The zero-order valence-corrected chi connectivity index (χ0v) is 17.1. The fraction of sp³-hybridized carbons (Fsp3) is 0.0435. The molecule has 0 saturated heterocycles. The lowest BCUT2D eigenvalue weighted by Crippen LogP contribution is -2.23. The lowest BCUT2D eigenvalue weighted by molar-refractivity contribution is 0.0951. The van der Waals surface area contributed by atoms with Crippen LogP contribution in [0.1, 0.15) is 15.9 Å². The average Bonchev–Trinajstić information content (AvgIpc) is 3.25. The number of hydrogen-bond acceptors (Lipinski definition) is 2. The smallest absolute Gasteiger partial charge is 0.253 e. The van der Waals surface area contributed by atoms with Gasteiger partial charge in [-0.05, 0) is 47.5 Å². The third-order valence-electron chi connectivity index (χ3n) is 4.61. The van der Waals surface area contributed by atoms with E-state index in [0.29, 0.717) is 23.0 Å². The molecule has 1 amide bonds. The van der Waals surface area contributed by atoms with E-state index < -0.39 is 0 Å². The van der Waals surface area contributed by atoms with Crippen LogP contribution in [-0.2, 0) is 6.54 Å². The summed E-state index contributed by atoms with van der Waals surface area (Å²) < 4.78 is 13.1. The van der Waals surface area contributed by atoms with Crippen molar-refractivity contribution in [3.05, 3.63) is 99.9 Å².